The Balaban J connectivity index is 0.00000141. The molecule has 1 saturated carbocycles. The van der Waals surface area contributed by atoms with Crippen LogP contribution in [0.5, 0.6) is 0 Å². The van der Waals surface area contributed by atoms with Gasteiger partial charge in [0.05, 0.1) is 0 Å². The van der Waals surface area contributed by atoms with Crippen molar-refractivity contribution in [2.24, 2.45) is 28.6 Å². The summed E-state index contributed by atoms with van der Waals surface area (Å²) in [6.07, 6.45) is 7.08. The minimum absolute atomic E-state index is 0.276. The zero-order chi connectivity index (χ0) is 21.0. The van der Waals surface area contributed by atoms with Gasteiger partial charge in [-0.2, -0.15) is 0 Å². The lowest BCUT2D eigenvalue weighted by Gasteiger charge is -2.44. The third-order valence-electron chi connectivity index (χ3n) is 7.15. The molecule has 1 aliphatic carbocycles. The molecule has 0 saturated heterocycles. The largest absolute Gasteiger partial charge is 0.125 e. The summed E-state index contributed by atoms with van der Waals surface area (Å²) in [6, 6.07) is 0. The molecule has 0 aromatic carbocycles. The molecule has 0 nitrogen and oxygen atoms in total. The topological polar surface area (TPSA) is 0 Å². The van der Waals surface area contributed by atoms with Crippen LogP contribution in [0.2, 0.25) is 10.6 Å². The monoisotopic (exact) mass is 363 g/mol. The summed E-state index contributed by atoms with van der Waals surface area (Å²) in [6.45, 7) is 30.6. The van der Waals surface area contributed by atoms with E-state index in [0.717, 1.165) is 17.8 Å². The van der Waals surface area contributed by atoms with Gasteiger partial charge >= 0.3 is 0 Å². The summed E-state index contributed by atoms with van der Waals surface area (Å²) in [5.74, 6) is 2.62. The summed E-state index contributed by atoms with van der Waals surface area (Å²) in [5.41, 5.74) is 0.928. The molecule has 1 radical (unpaired) electrons. The van der Waals surface area contributed by atoms with Crippen molar-refractivity contribution in [1.82, 2.24) is 0 Å². The van der Waals surface area contributed by atoms with E-state index >= 15 is 0 Å². The van der Waals surface area contributed by atoms with Crippen molar-refractivity contribution in [1.29, 1.82) is 0 Å². The van der Waals surface area contributed by atoms with Gasteiger partial charge in [-0.15, -0.1) is 0 Å². The summed E-state index contributed by atoms with van der Waals surface area (Å²) >= 11 is 0. The van der Waals surface area contributed by atoms with Crippen LogP contribution in [0.3, 0.4) is 0 Å². The second kappa shape index (κ2) is 9.51. The Morgan fingerprint density at radius 3 is 1.73 bits per heavy atom. The lowest BCUT2D eigenvalue weighted by molar-refractivity contribution is 0.215. The average Bonchev–Trinajstić information content (AvgIpc) is 2.77. The Morgan fingerprint density at radius 1 is 0.923 bits per heavy atom. The lowest BCUT2D eigenvalue weighted by atomic mass is 9.34. The SMILES string of the molecule is CC(C)C.CC(C)C1(C)CCC(CCC(C)(C)[B]C(C)(C)C(C)(C)C)C1. The number of hydrogen-bond donors (Lipinski definition) is 0. The van der Waals surface area contributed by atoms with Crippen LogP contribution in [0.25, 0.3) is 0 Å². The van der Waals surface area contributed by atoms with Crippen LogP contribution in [-0.4, -0.2) is 7.28 Å². The number of hydrogen-bond acceptors (Lipinski definition) is 0. The molecule has 1 aliphatic rings. The zero-order valence-corrected chi connectivity index (χ0v) is 20.8. The predicted molar refractivity (Wildman–Crippen MR) is 123 cm³/mol. The van der Waals surface area contributed by atoms with Crippen LogP contribution in [0, 0.1) is 28.6 Å². The molecule has 0 amide bonds. The highest BCUT2D eigenvalue weighted by Crippen LogP contribution is 2.52. The highest BCUT2D eigenvalue weighted by molar-refractivity contribution is 6.44. The van der Waals surface area contributed by atoms with Crippen LogP contribution < -0.4 is 0 Å². The van der Waals surface area contributed by atoms with Crippen LogP contribution >= 0.6 is 0 Å². The van der Waals surface area contributed by atoms with Crippen molar-refractivity contribution in [2.45, 2.75) is 133 Å². The first-order chi connectivity index (χ1) is 11.4. The smallest absolute Gasteiger partial charge is 0.0671 e. The van der Waals surface area contributed by atoms with Gasteiger partial charge in [0, 0.05) is 0 Å². The molecule has 0 bridgehead atoms. The Bertz CT molecular complexity index is 394. The van der Waals surface area contributed by atoms with Crippen molar-refractivity contribution in [3.63, 3.8) is 0 Å². The van der Waals surface area contributed by atoms with Crippen LogP contribution in [0.15, 0.2) is 0 Å². The van der Waals surface area contributed by atoms with Crippen molar-refractivity contribution in [2.75, 3.05) is 0 Å². The minimum atomic E-state index is 0.276. The van der Waals surface area contributed by atoms with E-state index < -0.39 is 0 Å². The summed E-state index contributed by atoms with van der Waals surface area (Å²) in [7, 11) is 2.64. The van der Waals surface area contributed by atoms with Crippen LogP contribution in [0.1, 0.15) is 122 Å². The molecule has 0 N–H and O–H groups in total. The molecular formula is C25H52B. The minimum Gasteiger partial charge on any atom is -0.0671 e. The molecule has 0 heterocycles. The molecule has 1 rings (SSSR count). The molecule has 2 unspecified atom stereocenters. The molecule has 1 fully saturated rings. The maximum Gasteiger partial charge on any atom is 0.125 e. The fourth-order valence-electron chi connectivity index (χ4n) is 4.01. The standard InChI is InChI=1S/C21H42B.C4H10/c1-16(2)21(10)14-12-17(15-21)11-13-19(6,7)22-20(8,9)18(3,4)5;1-4(2)3/h16-17H,11-15H2,1-10H3;4H,1-3H3. The Kier molecular flexibility index (Phi) is 9.54. The van der Waals surface area contributed by atoms with Gasteiger partial charge in [0.15, 0.2) is 0 Å². The van der Waals surface area contributed by atoms with E-state index in [1.807, 2.05) is 0 Å². The van der Waals surface area contributed by atoms with E-state index in [2.05, 4.69) is 97.3 Å². The highest BCUT2D eigenvalue weighted by atomic mass is 14.4. The Hall–Kier alpha value is 0.0649. The van der Waals surface area contributed by atoms with Gasteiger partial charge in [0.2, 0.25) is 0 Å². The van der Waals surface area contributed by atoms with E-state index in [4.69, 9.17) is 0 Å². The molecule has 1 heteroatoms. The van der Waals surface area contributed by atoms with Crippen LogP contribution in [-0.2, 0) is 0 Å². The van der Waals surface area contributed by atoms with Crippen LogP contribution in [0.4, 0.5) is 0 Å². The summed E-state index contributed by atoms with van der Waals surface area (Å²) in [4.78, 5) is 0. The van der Waals surface area contributed by atoms with E-state index in [1.165, 1.54) is 32.1 Å². The first-order valence-corrected chi connectivity index (χ1v) is 11.3. The Labute approximate surface area is 168 Å². The van der Waals surface area contributed by atoms with Crippen molar-refractivity contribution < 1.29 is 0 Å². The molecule has 26 heavy (non-hydrogen) atoms. The average molecular weight is 364 g/mol. The maximum absolute atomic E-state index is 2.64. The lowest BCUT2D eigenvalue weighted by Crippen LogP contribution is -2.34. The van der Waals surface area contributed by atoms with E-state index in [-0.39, 0.29) is 5.31 Å². The quantitative estimate of drug-likeness (QED) is 0.413. The normalized spacial score (nSPS) is 24.7. The fourth-order valence-corrected chi connectivity index (χ4v) is 4.01. The van der Waals surface area contributed by atoms with Gasteiger partial charge < -0.3 is 0 Å². The molecule has 155 valence electrons. The summed E-state index contributed by atoms with van der Waals surface area (Å²) < 4.78 is 0. The zero-order valence-electron chi connectivity index (χ0n) is 20.8. The molecule has 2 atom stereocenters. The van der Waals surface area contributed by atoms with E-state index in [1.54, 1.807) is 0 Å². The van der Waals surface area contributed by atoms with Gasteiger partial charge in [-0.1, -0.05) is 113 Å². The molecule has 0 aromatic rings. The van der Waals surface area contributed by atoms with Gasteiger partial charge in [-0.3, -0.25) is 0 Å². The van der Waals surface area contributed by atoms with Crippen molar-refractivity contribution in [3.8, 4) is 0 Å². The molecular weight excluding hydrogens is 311 g/mol. The maximum atomic E-state index is 2.64. The van der Waals surface area contributed by atoms with Crippen molar-refractivity contribution in [3.05, 3.63) is 0 Å². The third-order valence-corrected chi connectivity index (χ3v) is 7.15. The molecule has 0 aliphatic heterocycles. The second-order valence-corrected chi connectivity index (χ2v) is 12.8. The van der Waals surface area contributed by atoms with Gasteiger partial charge in [0.1, 0.15) is 7.28 Å². The third kappa shape index (κ3) is 8.84. The molecule has 0 spiro atoms. The van der Waals surface area contributed by atoms with E-state index in [9.17, 15) is 0 Å². The van der Waals surface area contributed by atoms with Gasteiger partial charge in [-0.25, -0.2) is 0 Å². The second-order valence-electron chi connectivity index (χ2n) is 12.8. The fraction of sp³-hybridized carbons (Fsp3) is 1.00. The van der Waals surface area contributed by atoms with Gasteiger partial charge in [0.25, 0.3) is 0 Å². The number of rotatable bonds is 6. The Morgan fingerprint density at radius 2 is 1.38 bits per heavy atom. The first kappa shape index (κ1) is 26.1. The summed E-state index contributed by atoms with van der Waals surface area (Å²) in [5, 5.41) is 0.617. The van der Waals surface area contributed by atoms with Crippen molar-refractivity contribution >= 4 is 7.28 Å². The van der Waals surface area contributed by atoms with E-state index in [0.29, 0.717) is 16.1 Å². The first-order valence-electron chi connectivity index (χ1n) is 11.3. The molecule has 0 aromatic heterocycles. The predicted octanol–water partition coefficient (Wildman–Crippen LogP) is 9.04. The van der Waals surface area contributed by atoms with Gasteiger partial charge in [-0.05, 0) is 47.8 Å². The highest BCUT2D eigenvalue weighted by Gasteiger charge is 2.40.